The Bertz CT molecular complexity index is 427. The van der Waals surface area contributed by atoms with Crippen LogP contribution in [-0.4, -0.2) is 29.9 Å². The Morgan fingerprint density at radius 2 is 1.14 bits per heavy atom. The minimum atomic E-state index is -7.19. The Morgan fingerprint density at radius 1 is 0.667 bits per heavy atom. The third-order valence-corrected chi connectivity index (χ3v) is 3.06. The van der Waals surface area contributed by atoms with Gasteiger partial charge in [0, 0.05) is 0 Å². The highest BCUT2D eigenvalue weighted by atomic mass is 19.4. The van der Waals surface area contributed by atoms with Gasteiger partial charge in [0.2, 0.25) is 0 Å². The lowest BCUT2D eigenvalue weighted by molar-refractivity contribution is -0.404. The monoisotopic (exact) mass is 336 g/mol. The first-order chi connectivity index (χ1) is 9.11. The number of rotatable bonds is 3. The van der Waals surface area contributed by atoms with Gasteiger partial charge in [-0.2, -0.15) is 43.9 Å². The van der Waals surface area contributed by atoms with Crippen LogP contribution in [0.2, 0.25) is 0 Å². The van der Waals surface area contributed by atoms with Crippen LogP contribution in [0.1, 0.15) is 19.3 Å². The summed E-state index contributed by atoms with van der Waals surface area (Å²) >= 11 is 0. The number of hydrogen-bond donors (Lipinski definition) is 0. The van der Waals surface area contributed by atoms with Crippen LogP contribution < -0.4 is 0 Å². The van der Waals surface area contributed by atoms with Crippen molar-refractivity contribution >= 4 is 0 Å². The lowest BCUT2D eigenvalue weighted by atomic mass is 9.83. The topological polar surface area (TPSA) is 0 Å². The van der Waals surface area contributed by atoms with Gasteiger partial charge in [0.25, 0.3) is 5.67 Å². The molecule has 1 atom stereocenters. The van der Waals surface area contributed by atoms with E-state index >= 15 is 0 Å². The number of alkyl halides is 11. The molecule has 0 aromatic rings. The van der Waals surface area contributed by atoms with Crippen molar-refractivity contribution in [3.8, 4) is 0 Å². The molecule has 1 aliphatic rings. The molecule has 124 valence electrons. The summed E-state index contributed by atoms with van der Waals surface area (Å²) in [4.78, 5) is 0. The molecule has 0 fully saturated rings. The summed E-state index contributed by atoms with van der Waals surface area (Å²) in [5.74, 6) is -14.2. The van der Waals surface area contributed by atoms with Crippen molar-refractivity contribution < 1.29 is 48.3 Å². The predicted molar refractivity (Wildman–Crippen MR) is 47.8 cm³/mol. The predicted octanol–water partition coefficient (Wildman–Crippen LogP) is 5.20. The number of hydrogen-bond acceptors (Lipinski definition) is 0. The zero-order valence-electron chi connectivity index (χ0n) is 9.86. The van der Waals surface area contributed by atoms with Crippen LogP contribution in [0.3, 0.4) is 0 Å². The molecule has 0 aromatic heterocycles. The van der Waals surface area contributed by atoms with Crippen LogP contribution in [-0.2, 0) is 0 Å². The van der Waals surface area contributed by atoms with E-state index < -0.39 is 41.9 Å². The molecule has 1 rings (SSSR count). The molecule has 0 nitrogen and oxygen atoms in total. The molecule has 0 amide bonds. The van der Waals surface area contributed by atoms with Gasteiger partial charge < -0.3 is 0 Å². The van der Waals surface area contributed by atoms with Crippen LogP contribution in [0.5, 0.6) is 0 Å². The van der Waals surface area contributed by atoms with Gasteiger partial charge in [-0.3, -0.25) is 0 Å². The van der Waals surface area contributed by atoms with Gasteiger partial charge in [-0.15, -0.1) is 0 Å². The van der Waals surface area contributed by atoms with Crippen molar-refractivity contribution in [1.82, 2.24) is 0 Å². The van der Waals surface area contributed by atoms with E-state index in [4.69, 9.17) is 0 Å². The minimum absolute atomic E-state index is 0.259. The first-order valence-electron chi connectivity index (χ1n) is 5.38. The van der Waals surface area contributed by atoms with Gasteiger partial charge in [-0.1, -0.05) is 6.08 Å². The van der Waals surface area contributed by atoms with Crippen LogP contribution in [0.15, 0.2) is 11.6 Å². The van der Waals surface area contributed by atoms with Gasteiger partial charge in [-0.25, -0.2) is 4.39 Å². The molecule has 1 aliphatic carbocycles. The molecule has 21 heavy (non-hydrogen) atoms. The van der Waals surface area contributed by atoms with Gasteiger partial charge >= 0.3 is 24.2 Å². The molecule has 0 saturated carbocycles. The molecule has 0 saturated heterocycles. The zero-order chi connectivity index (χ0) is 16.9. The fourth-order valence-corrected chi connectivity index (χ4v) is 1.94. The fraction of sp³-hybridized carbons (Fsp3) is 0.800. The largest absolute Gasteiger partial charge is 0.460 e. The van der Waals surface area contributed by atoms with E-state index in [0.29, 0.717) is 0 Å². The number of halogens is 11. The molecule has 0 heterocycles. The second-order valence-corrected chi connectivity index (χ2v) is 4.42. The molecule has 0 N–H and O–H groups in total. The van der Waals surface area contributed by atoms with Crippen LogP contribution in [0, 0.1) is 0 Å². The van der Waals surface area contributed by atoms with E-state index in [2.05, 4.69) is 0 Å². The van der Waals surface area contributed by atoms with Crippen LogP contribution >= 0.6 is 0 Å². The summed E-state index contributed by atoms with van der Waals surface area (Å²) in [6.45, 7) is 0. The van der Waals surface area contributed by atoms with Crippen molar-refractivity contribution in [3.63, 3.8) is 0 Å². The maximum Gasteiger partial charge on any atom is 0.460 e. The molecule has 0 aliphatic heterocycles. The lowest BCUT2D eigenvalue weighted by Gasteiger charge is -2.40. The number of allylic oxidation sites excluding steroid dienone is 2. The Balaban J connectivity index is 3.53. The quantitative estimate of drug-likeness (QED) is 0.491. The molecule has 0 spiro atoms. The first-order valence-corrected chi connectivity index (χ1v) is 5.38. The summed E-state index contributed by atoms with van der Waals surface area (Å²) in [6, 6.07) is 0. The molecule has 0 radical (unpaired) electrons. The third kappa shape index (κ3) is 2.37. The van der Waals surface area contributed by atoms with Crippen molar-refractivity contribution in [2.75, 3.05) is 0 Å². The lowest BCUT2D eigenvalue weighted by Crippen LogP contribution is -2.67. The molecule has 0 bridgehead atoms. The van der Waals surface area contributed by atoms with Crippen molar-refractivity contribution in [1.29, 1.82) is 0 Å². The Kier molecular flexibility index (Phi) is 4.06. The average Bonchev–Trinajstić information content (AvgIpc) is 2.77. The fourth-order valence-electron chi connectivity index (χ4n) is 1.94. The SMILES string of the molecule is FC(F)(F)C(F)(F)C(F)(F)C(F)(C1=CCCC1)C(F)(F)F. The second-order valence-electron chi connectivity index (χ2n) is 4.42. The van der Waals surface area contributed by atoms with E-state index in [1.54, 1.807) is 0 Å². The van der Waals surface area contributed by atoms with Gasteiger partial charge in [0.1, 0.15) is 0 Å². The molecular weight excluding hydrogens is 329 g/mol. The highest BCUT2D eigenvalue weighted by Gasteiger charge is 2.87. The molecule has 0 aromatic carbocycles. The average molecular weight is 336 g/mol. The zero-order valence-corrected chi connectivity index (χ0v) is 9.86. The van der Waals surface area contributed by atoms with E-state index in [1.165, 1.54) is 0 Å². The molecule has 1 unspecified atom stereocenters. The standard InChI is InChI=1S/C10H7F11/c11-6(9(16,17)18,5-3-1-2-4-5)7(12,13)8(14,15)10(19,20)21/h3H,1-2,4H2. The third-order valence-electron chi connectivity index (χ3n) is 3.06. The van der Waals surface area contributed by atoms with Gasteiger partial charge in [0.15, 0.2) is 0 Å². The maximum atomic E-state index is 13.9. The normalized spacial score (nSPS) is 21.2. The Morgan fingerprint density at radius 3 is 1.43 bits per heavy atom. The molecular formula is C10H7F11. The maximum absolute atomic E-state index is 13.9. The Labute approximate surface area is 110 Å². The van der Waals surface area contributed by atoms with Crippen molar-refractivity contribution in [2.45, 2.75) is 49.1 Å². The Hall–Kier alpha value is -1.03. The van der Waals surface area contributed by atoms with Crippen molar-refractivity contribution in [2.24, 2.45) is 0 Å². The second kappa shape index (κ2) is 4.73. The van der Waals surface area contributed by atoms with E-state index in [9.17, 15) is 48.3 Å². The molecule has 11 heteroatoms. The summed E-state index contributed by atoms with van der Waals surface area (Å²) in [7, 11) is 0. The summed E-state index contributed by atoms with van der Waals surface area (Å²) < 4.78 is 140. The highest BCUT2D eigenvalue weighted by Crippen LogP contribution is 2.60. The summed E-state index contributed by atoms with van der Waals surface area (Å²) in [5, 5.41) is 0. The van der Waals surface area contributed by atoms with Gasteiger partial charge in [0.05, 0.1) is 0 Å². The summed E-state index contributed by atoms with van der Waals surface area (Å²) in [6.07, 6.45) is -15.0. The van der Waals surface area contributed by atoms with Gasteiger partial charge in [-0.05, 0) is 24.8 Å². The van der Waals surface area contributed by atoms with Crippen LogP contribution in [0.4, 0.5) is 48.3 Å². The van der Waals surface area contributed by atoms with E-state index in [-0.39, 0.29) is 18.9 Å². The van der Waals surface area contributed by atoms with E-state index in [0.717, 1.165) is 0 Å². The minimum Gasteiger partial charge on any atom is -0.222 e. The van der Waals surface area contributed by atoms with E-state index in [1.807, 2.05) is 0 Å². The van der Waals surface area contributed by atoms with Crippen molar-refractivity contribution in [3.05, 3.63) is 11.6 Å². The first kappa shape index (κ1) is 18.0. The smallest absolute Gasteiger partial charge is 0.222 e. The van der Waals surface area contributed by atoms with Crippen LogP contribution in [0.25, 0.3) is 0 Å². The summed E-state index contributed by atoms with van der Waals surface area (Å²) in [5.41, 5.74) is -7.90. The highest BCUT2D eigenvalue weighted by molar-refractivity contribution is 5.30.